The summed E-state index contributed by atoms with van der Waals surface area (Å²) in [6.45, 7) is 1.53. The van der Waals surface area contributed by atoms with E-state index in [1.807, 2.05) is 37.4 Å². The highest BCUT2D eigenvalue weighted by Crippen LogP contribution is 2.27. The highest BCUT2D eigenvalue weighted by Gasteiger charge is 2.08. The fourth-order valence-corrected chi connectivity index (χ4v) is 2.74. The molecule has 0 fully saturated rings. The molecule has 0 unspecified atom stereocenters. The molecule has 1 amide bonds. The summed E-state index contributed by atoms with van der Waals surface area (Å²) in [5, 5.41) is 18.2. The molecule has 0 aromatic heterocycles. The summed E-state index contributed by atoms with van der Waals surface area (Å²) in [4.78, 5) is 32.4. The molecule has 174 valence electrons. The number of hydrogen-bond donors (Lipinski definition) is 3. The summed E-state index contributed by atoms with van der Waals surface area (Å²) in [6, 6.07) is 13.1. The molecule has 0 aliphatic heterocycles. The van der Waals surface area contributed by atoms with Gasteiger partial charge in [0.25, 0.3) is 0 Å². The Balaban J connectivity index is 0.000000751. The van der Waals surface area contributed by atoms with E-state index in [0.29, 0.717) is 18.0 Å². The Morgan fingerprint density at radius 3 is 2.19 bits per heavy atom. The molecule has 2 aromatic rings. The van der Waals surface area contributed by atoms with Gasteiger partial charge in [0.15, 0.2) is 11.5 Å². The molecule has 0 spiro atoms. The van der Waals surface area contributed by atoms with Crippen LogP contribution in [0, 0.1) is 0 Å². The topological polar surface area (TPSA) is 125 Å². The molecule has 0 aliphatic rings. The number of likely N-dealkylation sites (N-methyl/N-ethyl adjacent to an activating group) is 1. The lowest BCUT2D eigenvalue weighted by atomic mass is 10.1. The van der Waals surface area contributed by atoms with Gasteiger partial charge in [0, 0.05) is 30.2 Å². The van der Waals surface area contributed by atoms with Gasteiger partial charge in [-0.3, -0.25) is 4.79 Å². The molecular formula is C22H27ClN2O7. The van der Waals surface area contributed by atoms with E-state index < -0.39 is 11.9 Å². The number of carboxylic acid groups (broad SMARTS) is 2. The fourth-order valence-electron chi connectivity index (χ4n) is 2.55. The average Bonchev–Trinajstić information content (AvgIpc) is 2.76. The van der Waals surface area contributed by atoms with Gasteiger partial charge in [-0.15, -0.1) is 0 Å². The quantitative estimate of drug-likeness (QED) is 0.481. The van der Waals surface area contributed by atoms with Crippen molar-refractivity contribution in [3.63, 3.8) is 0 Å². The number of rotatable bonds is 9. The van der Waals surface area contributed by atoms with Gasteiger partial charge in [0.1, 0.15) is 0 Å². The molecule has 10 heteroatoms. The van der Waals surface area contributed by atoms with Gasteiger partial charge in [-0.2, -0.15) is 0 Å². The molecule has 0 saturated heterocycles. The SMILES string of the molecule is COc1ccc(CCN(C)CCC(=O)Nc2cccc(Cl)c2)cc1OC.O=C(O)C(=O)O. The van der Waals surface area contributed by atoms with Gasteiger partial charge < -0.3 is 29.9 Å². The molecule has 0 aliphatic carbocycles. The third-order valence-corrected chi connectivity index (χ3v) is 4.48. The number of amides is 1. The lowest BCUT2D eigenvalue weighted by Crippen LogP contribution is -2.26. The summed E-state index contributed by atoms with van der Waals surface area (Å²) in [5.74, 6) is -2.22. The van der Waals surface area contributed by atoms with Crippen LogP contribution in [-0.4, -0.2) is 67.3 Å². The predicted molar refractivity (Wildman–Crippen MR) is 121 cm³/mol. The Morgan fingerprint density at radius 2 is 1.62 bits per heavy atom. The lowest BCUT2D eigenvalue weighted by molar-refractivity contribution is -0.159. The van der Waals surface area contributed by atoms with Crippen LogP contribution in [0.2, 0.25) is 5.02 Å². The maximum atomic E-state index is 12.0. The van der Waals surface area contributed by atoms with Crippen molar-refractivity contribution in [2.45, 2.75) is 12.8 Å². The van der Waals surface area contributed by atoms with Gasteiger partial charge in [-0.25, -0.2) is 9.59 Å². The van der Waals surface area contributed by atoms with E-state index >= 15 is 0 Å². The number of benzene rings is 2. The summed E-state index contributed by atoms with van der Waals surface area (Å²) in [5.41, 5.74) is 1.88. The zero-order valence-corrected chi connectivity index (χ0v) is 18.9. The molecular weight excluding hydrogens is 440 g/mol. The third-order valence-electron chi connectivity index (χ3n) is 4.24. The normalized spacial score (nSPS) is 10.0. The van der Waals surface area contributed by atoms with Gasteiger partial charge in [-0.05, 0) is 49.4 Å². The highest BCUT2D eigenvalue weighted by molar-refractivity contribution is 6.30. The summed E-state index contributed by atoms with van der Waals surface area (Å²) < 4.78 is 10.6. The molecule has 0 heterocycles. The molecule has 2 rings (SSSR count). The first-order valence-electron chi connectivity index (χ1n) is 9.57. The first kappa shape index (κ1) is 26.7. The van der Waals surface area contributed by atoms with Crippen molar-refractivity contribution in [3.05, 3.63) is 53.1 Å². The number of carbonyl (C=O) groups is 3. The van der Waals surface area contributed by atoms with Crippen LogP contribution in [0.15, 0.2) is 42.5 Å². The number of carboxylic acids is 2. The Morgan fingerprint density at radius 1 is 0.969 bits per heavy atom. The van der Waals surface area contributed by atoms with Crippen LogP contribution in [0.5, 0.6) is 11.5 Å². The lowest BCUT2D eigenvalue weighted by Gasteiger charge is -2.17. The van der Waals surface area contributed by atoms with Crippen molar-refractivity contribution in [1.82, 2.24) is 4.90 Å². The van der Waals surface area contributed by atoms with Crippen molar-refractivity contribution in [2.75, 3.05) is 39.7 Å². The maximum Gasteiger partial charge on any atom is 0.414 e. The van der Waals surface area contributed by atoms with Crippen LogP contribution >= 0.6 is 11.6 Å². The van der Waals surface area contributed by atoms with Crippen molar-refractivity contribution >= 4 is 35.1 Å². The van der Waals surface area contributed by atoms with Crippen LogP contribution in [0.1, 0.15) is 12.0 Å². The van der Waals surface area contributed by atoms with E-state index in [1.54, 1.807) is 26.4 Å². The highest BCUT2D eigenvalue weighted by atomic mass is 35.5. The standard InChI is InChI=1S/C20H25ClN2O3.C2H2O4/c1-23(11-9-15-7-8-18(25-2)19(13-15)26-3)12-10-20(24)22-17-6-4-5-16(21)14-17;3-1(4)2(5)6/h4-8,13-14H,9-12H2,1-3H3,(H,22,24);(H,3,4)(H,5,6). The largest absolute Gasteiger partial charge is 0.493 e. The number of methoxy groups -OCH3 is 2. The monoisotopic (exact) mass is 466 g/mol. The number of nitrogens with zero attached hydrogens (tertiary/aromatic N) is 1. The van der Waals surface area contributed by atoms with Crippen molar-refractivity contribution in [2.24, 2.45) is 0 Å². The van der Waals surface area contributed by atoms with E-state index in [1.165, 1.54) is 0 Å². The van der Waals surface area contributed by atoms with Crippen molar-refractivity contribution < 1.29 is 34.1 Å². The minimum absolute atomic E-state index is 0.0229. The van der Waals surface area contributed by atoms with Crippen LogP contribution in [0.4, 0.5) is 5.69 Å². The summed E-state index contributed by atoms with van der Waals surface area (Å²) in [6.07, 6.45) is 1.29. The molecule has 9 nitrogen and oxygen atoms in total. The predicted octanol–water partition coefficient (Wildman–Crippen LogP) is 3.02. The van der Waals surface area contributed by atoms with Crippen LogP contribution < -0.4 is 14.8 Å². The zero-order valence-electron chi connectivity index (χ0n) is 18.1. The Bertz CT molecular complexity index is 909. The third kappa shape index (κ3) is 10.1. The number of aliphatic carboxylic acids is 2. The average molecular weight is 467 g/mol. The first-order chi connectivity index (χ1) is 15.2. The molecule has 3 N–H and O–H groups in total. The Kier molecular flexibility index (Phi) is 11.6. The minimum Gasteiger partial charge on any atom is -0.493 e. The van der Waals surface area contributed by atoms with Gasteiger partial charge in [0.2, 0.25) is 5.91 Å². The Labute approximate surface area is 191 Å². The molecule has 0 radical (unpaired) electrons. The number of nitrogens with one attached hydrogen (secondary N) is 1. The van der Waals surface area contributed by atoms with Gasteiger partial charge in [-0.1, -0.05) is 23.7 Å². The molecule has 0 saturated carbocycles. The molecule has 0 atom stereocenters. The number of ether oxygens (including phenoxy) is 2. The second-order valence-electron chi connectivity index (χ2n) is 6.66. The minimum atomic E-state index is -1.82. The molecule has 32 heavy (non-hydrogen) atoms. The van der Waals surface area contributed by atoms with Crippen molar-refractivity contribution in [3.8, 4) is 11.5 Å². The number of carbonyl (C=O) groups excluding carboxylic acids is 1. The van der Waals surface area contributed by atoms with E-state index in [4.69, 9.17) is 40.9 Å². The van der Waals surface area contributed by atoms with Crippen LogP contribution in [-0.2, 0) is 20.8 Å². The smallest absolute Gasteiger partial charge is 0.414 e. The maximum absolute atomic E-state index is 12.0. The van der Waals surface area contributed by atoms with E-state index in [2.05, 4.69) is 10.2 Å². The molecule has 0 bridgehead atoms. The summed E-state index contributed by atoms with van der Waals surface area (Å²) in [7, 11) is 5.26. The van der Waals surface area contributed by atoms with E-state index in [-0.39, 0.29) is 5.91 Å². The summed E-state index contributed by atoms with van der Waals surface area (Å²) >= 11 is 5.92. The van der Waals surface area contributed by atoms with E-state index in [0.717, 1.165) is 35.7 Å². The first-order valence-corrected chi connectivity index (χ1v) is 9.95. The number of hydrogen-bond acceptors (Lipinski definition) is 6. The van der Waals surface area contributed by atoms with Crippen LogP contribution in [0.25, 0.3) is 0 Å². The van der Waals surface area contributed by atoms with Crippen LogP contribution in [0.3, 0.4) is 0 Å². The van der Waals surface area contributed by atoms with Gasteiger partial charge >= 0.3 is 11.9 Å². The zero-order chi connectivity index (χ0) is 24.1. The number of halogens is 1. The van der Waals surface area contributed by atoms with Gasteiger partial charge in [0.05, 0.1) is 14.2 Å². The second kappa shape index (κ2) is 13.9. The van der Waals surface area contributed by atoms with E-state index in [9.17, 15) is 4.79 Å². The van der Waals surface area contributed by atoms with Crippen molar-refractivity contribution in [1.29, 1.82) is 0 Å². The number of anilines is 1. The second-order valence-corrected chi connectivity index (χ2v) is 7.10. The molecule has 2 aromatic carbocycles. The fraction of sp³-hybridized carbons (Fsp3) is 0.318. The Hall–Kier alpha value is -3.30.